The SMILES string of the molecule is COc1cc(C(=O)N2CC(C)C(N)C2C)cc2sc(-c3cc4ccc(-c5ccc(O)c(F)c5)nc4n3CC3CC3)c(C)c12. The van der Waals surface area contributed by atoms with Crippen molar-refractivity contribution in [2.75, 3.05) is 13.7 Å². The number of methoxy groups -OCH3 is 1. The molecule has 3 unspecified atom stereocenters. The fraction of sp³-hybridized carbons (Fsp3) is 0.353. The van der Waals surface area contributed by atoms with Crippen LogP contribution in [0.25, 0.3) is 42.9 Å². The Balaban J connectivity index is 1.35. The first kappa shape index (κ1) is 27.9. The number of aromatic hydroxyl groups is 1. The van der Waals surface area contributed by atoms with Gasteiger partial charge in [-0.15, -0.1) is 11.3 Å². The van der Waals surface area contributed by atoms with E-state index in [0.29, 0.717) is 35.0 Å². The lowest BCUT2D eigenvalue weighted by atomic mass is 10.0. The molecule has 4 heterocycles. The van der Waals surface area contributed by atoms with E-state index in [9.17, 15) is 14.3 Å². The molecule has 5 aromatic rings. The molecule has 3 atom stereocenters. The van der Waals surface area contributed by atoms with Crippen LogP contribution >= 0.6 is 11.3 Å². The molecule has 2 aliphatic rings. The Hall–Kier alpha value is -3.95. The van der Waals surface area contributed by atoms with E-state index >= 15 is 0 Å². The van der Waals surface area contributed by atoms with E-state index in [2.05, 4.69) is 24.5 Å². The third kappa shape index (κ3) is 4.66. The van der Waals surface area contributed by atoms with Crippen LogP contribution in [-0.2, 0) is 6.54 Å². The fourth-order valence-electron chi connectivity index (χ4n) is 6.47. The Morgan fingerprint density at radius 3 is 2.63 bits per heavy atom. The van der Waals surface area contributed by atoms with E-state index in [-0.39, 0.29) is 29.7 Å². The van der Waals surface area contributed by atoms with Crippen molar-refractivity contribution in [3.05, 3.63) is 65.5 Å². The van der Waals surface area contributed by atoms with Crippen LogP contribution in [0.4, 0.5) is 4.39 Å². The van der Waals surface area contributed by atoms with Gasteiger partial charge in [-0.05, 0) is 92.6 Å². The highest BCUT2D eigenvalue weighted by atomic mass is 32.1. The van der Waals surface area contributed by atoms with Crippen molar-refractivity contribution in [2.45, 2.75) is 52.2 Å². The molecule has 1 aliphatic carbocycles. The van der Waals surface area contributed by atoms with Crippen molar-refractivity contribution < 1.29 is 19.0 Å². The van der Waals surface area contributed by atoms with Gasteiger partial charge in [0.25, 0.3) is 5.91 Å². The third-order valence-electron chi connectivity index (χ3n) is 9.27. The number of ether oxygens (including phenoxy) is 1. The normalized spacial score (nSPS) is 20.4. The van der Waals surface area contributed by atoms with Gasteiger partial charge in [-0.2, -0.15) is 0 Å². The number of nitrogens with zero attached hydrogens (tertiary/aromatic N) is 3. The first-order valence-electron chi connectivity index (χ1n) is 14.8. The number of carbonyl (C=O) groups is 1. The molecule has 0 spiro atoms. The number of benzene rings is 2. The second-order valence-electron chi connectivity index (χ2n) is 12.2. The summed E-state index contributed by atoms with van der Waals surface area (Å²) in [7, 11) is 1.65. The summed E-state index contributed by atoms with van der Waals surface area (Å²) < 4.78 is 23.3. The minimum atomic E-state index is -0.669. The van der Waals surface area contributed by atoms with E-state index in [1.54, 1.807) is 24.5 Å². The lowest BCUT2D eigenvalue weighted by Crippen LogP contribution is -2.40. The Morgan fingerprint density at radius 1 is 1.16 bits per heavy atom. The molecule has 2 aromatic carbocycles. The standard InChI is InChI=1S/C34H35FN4O3S/c1-17-15-38(19(3)31(17)36)34(41)23-13-28(42-4)30-18(2)32(43-29(30)14-23)26-12-22-7-9-25(21-8-10-27(40)24(35)11-21)37-33(22)39(26)16-20-5-6-20/h7-14,17,19-20,31,40H,5-6,15-16,36H2,1-4H3. The van der Waals surface area contributed by atoms with Crippen LogP contribution in [0, 0.1) is 24.6 Å². The van der Waals surface area contributed by atoms with E-state index in [4.69, 9.17) is 15.5 Å². The van der Waals surface area contributed by atoms with Crippen molar-refractivity contribution in [3.8, 4) is 33.3 Å². The molecule has 0 bridgehead atoms. The van der Waals surface area contributed by atoms with Gasteiger partial charge >= 0.3 is 0 Å². The maximum atomic E-state index is 14.2. The molecule has 7 nitrogen and oxygen atoms in total. The molecule has 1 amide bonds. The number of amides is 1. The van der Waals surface area contributed by atoms with Gasteiger partial charge in [0.15, 0.2) is 11.6 Å². The molecule has 43 heavy (non-hydrogen) atoms. The summed E-state index contributed by atoms with van der Waals surface area (Å²) in [6.45, 7) is 7.71. The zero-order valence-corrected chi connectivity index (χ0v) is 25.5. The predicted octanol–water partition coefficient (Wildman–Crippen LogP) is 6.96. The van der Waals surface area contributed by atoms with E-state index in [1.165, 1.54) is 25.0 Å². The minimum absolute atomic E-state index is 0.0228. The van der Waals surface area contributed by atoms with Crippen molar-refractivity contribution in [1.82, 2.24) is 14.5 Å². The Bertz CT molecular complexity index is 1910. The van der Waals surface area contributed by atoms with Crippen LogP contribution in [0.3, 0.4) is 0 Å². The molecule has 2 fully saturated rings. The molecule has 3 N–H and O–H groups in total. The summed E-state index contributed by atoms with van der Waals surface area (Å²) in [6, 6.07) is 14.2. The van der Waals surface area contributed by atoms with Crippen molar-refractivity contribution in [2.24, 2.45) is 17.6 Å². The number of aryl methyl sites for hydroxylation is 1. The van der Waals surface area contributed by atoms with Gasteiger partial charge in [-0.3, -0.25) is 4.79 Å². The number of hydrogen-bond donors (Lipinski definition) is 2. The predicted molar refractivity (Wildman–Crippen MR) is 169 cm³/mol. The smallest absolute Gasteiger partial charge is 0.254 e. The van der Waals surface area contributed by atoms with Gasteiger partial charge in [0.05, 0.1) is 23.4 Å². The number of phenolic OH excluding ortho intramolecular Hbond substituents is 1. The summed E-state index contributed by atoms with van der Waals surface area (Å²) in [6.07, 6.45) is 2.37. The van der Waals surface area contributed by atoms with E-state index in [0.717, 1.165) is 43.8 Å². The van der Waals surface area contributed by atoms with Gasteiger partial charge in [0, 0.05) is 51.8 Å². The topological polar surface area (TPSA) is 93.6 Å². The third-order valence-corrected chi connectivity index (χ3v) is 10.5. The maximum absolute atomic E-state index is 14.2. The van der Waals surface area contributed by atoms with Crippen LogP contribution in [0.5, 0.6) is 11.5 Å². The number of pyridine rings is 1. The summed E-state index contributed by atoms with van der Waals surface area (Å²) in [5.74, 6) is 0.455. The van der Waals surface area contributed by atoms with Gasteiger partial charge in [-0.25, -0.2) is 9.37 Å². The van der Waals surface area contributed by atoms with Gasteiger partial charge in [0.1, 0.15) is 11.4 Å². The molecule has 1 saturated carbocycles. The fourth-order valence-corrected chi connectivity index (χ4v) is 7.76. The maximum Gasteiger partial charge on any atom is 0.254 e. The molecule has 0 radical (unpaired) electrons. The highest BCUT2D eigenvalue weighted by molar-refractivity contribution is 7.22. The highest BCUT2D eigenvalue weighted by Crippen LogP contribution is 2.45. The number of nitrogens with two attached hydrogens (primary N) is 1. The Kier molecular flexibility index (Phi) is 6.70. The number of aromatic nitrogens is 2. The van der Waals surface area contributed by atoms with Gasteiger partial charge in [-0.1, -0.05) is 6.92 Å². The first-order valence-corrected chi connectivity index (χ1v) is 15.6. The minimum Gasteiger partial charge on any atom is -0.505 e. The van der Waals surface area contributed by atoms with Crippen LogP contribution in [-0.4, -0.2) is 51.2 Å². The highest BCUT2D eigenvalue weighted by Gasteiger charge is 2.37. The molecule has 1 aliphatic heterocycles. The van der Waals surface area contributed by atoms with Crippen molar-refractivity contribution >= 4 is 38.4 Å². The summed E-state index contributed by atoms with van der Waals surface area (Å²) in [5.41, 5.74) is 11.2. The van der Waals surface area contributed by atoms with Gasteiger partial charge < -0.3 is 25.0 Å². The molecule has 1 saturated heterocycles. The molecule has 9 heteroatoms. The van der Waals surface area contributed by atoms with Crippen LogP contribution < -0.4 is 10.5 Å². The zero-order chi connectivity index (χ0) is 30.2. The lowest BCUT2D eigenvalue weighted by Gasteiger charge is -2.23. The van der Waals surface area contributed by atoms with Crippen molar-refractivity contribution in [1.29, 1.82) is 0 Å². The average molecular weight is 599 g/mol. The summed E-state index contributed by atoms with van der Waals surface area (Å²) in [5, 5.41) is 11.7. The number of halogens is 1. The van der Waals surface area contributed by atoms with Crippen LogP contribution in [0.1, 0.15) is 42.6 Å². The van der Waals surface area contributed by atoms with Crippen LogP contribution in [0.2, 0.25) is 0 Å². The van der Waals surface area contributed by atoms with Crippen molar-refractivity contribution in [3.63, 3.8) is 0 Å². The second kappa shape index (κ2) is 10.3. The lowest BCUT2D eigenvalue weighted by molar-refractivity contribution is 0.0739. The number of hydrogen-bond acceptors (Lipinski definition) is 6. The molecule has 7 rings (SSSR count). The molecule has 3 aromatic heterocycles. The first-order chi connectivity index (χ1) is 20.6. The Labute approximate surface area is 253 Å². The van der Waals surface area contributed by atoms with E-state index < -0.39 is 5.82 Å². The van der Waals surface area contributed by atoms with E-state index in [1.807, 2.05) is 36.1 Å². The second-order valence-corrected chi connectivity index (χ2v) is 13.3. The largest absolute Gasteiger partial charge is 0.505 e. The van der Waals surface area contributed by atoms with Gasteiger partial charge in [0.2, 0.25) is 0 Å². The average Bonchev–Trinajstić information content (AvgIpc) is 3.60. The zero-order valence-electron chi connectivity index (χ0n) is 24.7. The number of fused-ring (bicyclic) bond motifs is 2. The monoisotopic (exact) mass is 598 g/mol. The number of likely N-dealkylation sites (tertiary alicyclic amines) is 1. The summed E-state index contributed by atoms with van der Waals surface area (Å²) >= 11 is 1.66. The Morgan fingerprint density at radius 2 is 1.95 bits per heavy atom. The summed E-state index contributed by atoms with van der Waals surface area (Å²) in [4.78, 5) is 21.7. The molecule has 222 valence electrons. The van der Waals surface area contributed by atoms with Crippen LogP contribution in [0.15, 0.2) is 48.5 Å². The molecular weight excluding hydrogens is 563 g/mol. The quantitative estimate of drug-likeness (QED) is 0.220. The number of thiophene rings is 1. The number of phenols is 1. The number of carbonyl (C=O) groups excluding carboxylic acids is 1. The number of rotatable bonds is 6. The molecular formula is C34H35FN4O3S.